The van der Waals surface area contributed by atoms with Crippen LogP contribution in [-0.2, 0) is 14.2 Å². The van der Waals surface area contributed by atoms with Gasteiger partial charge in [-0.2, -0.15) is 0 Å². The molecule has 0 heterocycles. The number of methoxy groups -OCH3 is 1. The highest BCUT2D eigenvalue weighted by atomic mass is 16.5. The first-order chi connectivity index (χ1) is 8.20. The number of rotatable bonds is 12. The van der Waals surface area contributed by atoms with Gasteiger partial charge < -0.3 is 29.7 Å². The van der Waals surface area contributed by atoms with E-state index in [1.54, 1.807) is 0 Å². The van der Waals surface area contributed by atoms with E-state index in [9.17, 15) is 10.2 Å². The zero-order chi connectivity index (χ0) is 12.9. The highest BCUT2D eigenvalue weighted by molar-refractivity contribution is 4.62. The molecule has 0 aliphatic carbocycles. The molecule has 2 unspecified atom stereocenters. The van der Waals surface area contributed by atoms with E-state index in [-0.39, 0.29) is 13.2 Å². The molecule has 0 fully saturated rings. The minimum atomic E-state index is -0.577. The fraction of sp³-hybridized carbons (Fsp3) is 1.00. The number of aliphatic hydroxyl groups excluding tert-OH is 2. The van der Waals surface area contributed by atoms with Crippen LogP contribution in [0.15, 0.2) is 0 Å². The Morgan fingerprint density at radius 2 is 1.59 bits per heavy atom. The summed E-state index contributed by atoms with van der Waals surface area (Å²) in [7, 11) is 1.53. The van der Waals surface area contributed by atoms with Crippen LogP contribution < -0.4 is 5.32 Å². The van der Waals surface area contributed by atoms with E-state index >= 15 is 0 Å². The average molecular weight is 251 g/mol. The number of ether oxygens (including phenoxy) is 3. The molecule has 0 rings (SSSR count). The van der Waals surface area contributed by atoms with Crippen LogP contribution in [0.3, 0.4) is 0 Å². The molecule has 6 heteroatoms. The first kappa shape index (κ1) is 16.8. The van der Waals surface area contributed by atoms with Crippen LogP contribution in [-0.4, -0.2) is 75.7 Å². The van der Waals surface area contributed by atoms with Crippen molar-refractivity contribution < 1.29 is 24.4 Å². The fourth-order valence-electron chi connectivity index (χ4n) is 1.21. The van der Waals surface area contributed by atoms with Crippen molar-refractivity contribution in [3.05, 3.63) is 0 Å². The fourth-order valence-corrected chi connectivity index (χ4v) is 1.21. The molecule has 0 saturated heterocycles. The molecule has 0 aromatic carbocycles. The highest BCUT2D eigenvalue weighted by Gasteiger charge is 2.06. The molecule has 0 radical (unpaired) electrons. The number of aliphatic hydroxyl groups is 2. The summed E-state index contributed by atoms with van der Waals surface area (Å²) in [5.41, 5.74) is 0. The van der Waals surface area contributed by atoms with Crippen LogP contribution in [0, 0.1) is 0 Å². The van der Waals surface area contributed by atoms with Crippen molar-refractivity contribution in [3.8, 4) is 0 Å². The normalized spacial score (nSPS) is 14.8. The van der Waals surface area contributed by atoms with Crippen molar-refractivity contribution in [1.82, 2.24) is 5.32 Å². The van der Waals surface area contributed by atoms with Crippen LogP contribution in [0.1, 0.15) is 6.92 Å². The van der Waals surface area contributed by atoms with E-state index in [1.807, 2.05) is 6.92 Å². The molecule has 0 aliphatic heterocycles. The summed E-state index contributed by atoms with van der Waals surface area (Å²) in [4.78, 5) is 0. The quantitative estimate of drug-likeness (QED) is 0.386. The molecule has 0 amide bonds. The maximum atomic E-state index is 9.51. The summed E-state index contributed by atoms with van der Waals surface area (Å²) in [5, 5.41) is 21.8. The lowest BCUT2D eigenvalue weighted by molar-refractivity contribution is 0.00455. The predicted molar refractivity (Wildman–Crippen MR) is 64.1 cm³/mol. The van der Waals surface area contributed by atoms with Gasteiger partial charge in [-0.05, 0) is 6.92 Å². The Morgan fingerprint density at radius 1 is 1.00 bits per heavy atom. The Bertz CT molecular complexity index is 159. The van der Waals surface area contributed by atoms with E-state index in [0.29, 0.717) is 32.9 Å². The molecule has 6 nitrogen and oxygen atoms in total. The lowest BCUT2D eigenvalue weighted by Crippen LogP contribution is -2.36. The summed E-state index contributed by atoms with van der Waals surface area (Å²) < 4.78 is 15.1. The largest absolute Gasteiger partial charge is 0.389 e. The van der Waals surface area contributed by atoms with Gasteiger partial charge in [-0.25, -0.2) is 0 Å². The second-order valence-corrected chi connectivity index (χ2v) is 3.69. The standard InChI is InChI=1S/C11H25NO5/c1-3-16-4-5-17-9-11(14)7-12-6-10(13)8-15-2/h10-14H,3-9H2,1-2H3. The van der Waals surface area contributed by atoms with E-state index in [4.69, 9.17) is 14.2 Å². The lowest BCUT2D eigenvalue weighted by atomic mass is 10.3. The summed E-state index contributed by atoms with van der Waals surface area (Å²) in [6, 6.07) is 0. The van der Waals surface area contributed by atoms with Gasteiger partial charge in [0, 0.05) is 26.8 Å². The second kappa shape index (κ2) is 12.2. The van der Waals surface area contributed by atoms with Gasteiger partial charge in [-0.3, -0.25) is 0 Å². The third kappa shape index (κ3) is 12.0. The van der Waals surface area contributed by atoms with Crippen molar-refractivity contribution in [2.24, 2.45) is 0 Å². The third-order valence-electron chi connectivity index (χ3n) is 2.01. The summed E-state index contributed by atoms with van der Waals surface area (Å²) in [6.07, 6.45) is -1.13. The van der Waals surface area contributed by atoms with Crippen LogP contribution in [0.2, 0.25) is 0 Å². The summed E-state index contributed by atoms with van der Waals surface area (Å²) >= 11 is 0. The smallest absolute Gasteiger partial charge is 0.0897 e. The Kier molecular flexibility index (Phi) is 12.1. The van der Waals surface area contributed by atoms with Crippen molar-refractivity contribution >= 4 is 0 Å². The van der Waals surface area contributed by atoms with Gasteiger partial charge in [-0.15, -0.1) is 0 Å². The first-order valence-electron chi connectivity index (χ1n) is 5.92. The summed E-state index contributed by atoms with van der Waals surface area (Å²) in [5.74, 6) is 0. The Labute approximate surface area is 103 Å². The Balaban J connectivity index is 3.25. The van der Waals surface area contributed by atoms with Crippen LogP contribution in [0.4, 0.5) is 0 Å². The molecule has 0 aromatic heterocycles. The topological polar surface area (TPSA) is 80.2 Å². The SMILES string of the molecule is CCOCCOCC(O)CNCC(O)COC. The predicted octanol–water partition coefficient (Wildman–Crippen LogP) is -1.00. The minimum absolute atomic E-state index is 0.264. The molecule has 0 aromatic rings. The van der Waals surface area contributed by atoms with E-state index in [1.165, 1.54) is 7.11 Å². The zero-order valence-corrected chi connectivity index (χ0v) is 10.7. The molecular weight excluding hydrogens is 226 g/mol. The van der Waals surface area contributed by atoms with E-state index in [2.05, 4.69) is 5.32 Å². The first-order valence-corrected chi connectivity index (χ1v) is 5.92. The zero-order valence-electron chi connectivity index (χ0n) is 10.7. The maximum absolute atomic E-state index is 9.51. The number of nitrogens with one attached hydrogen (secondary N) is 1. The lowest BCUT2D eigenvalue weighted by Gasteiger charge is -2.14. The van der Waals surface area contributed by atoms with Crippen molar-refractivity contribution in [2.75, 3.05) is 53.2 Å². The van der Waals surface area contributed by atoms with Crippen LogP contribution >= 0.6 is 0 Å². The molecular formula is C11H25NO5. The number of hydrogen-bond donors (Lipinski definition) is 3. The Hall–Kier alpha value is -0.240. The van der Waals surface area contributed by atoms with Crippen LogP contribution in [0.25, 0.3) is 0 Å². The molecule has 0 bridgehead atoms. The maximum Gasteiger partial charge on any atom is 0.0897 e. The average Bonchev–Trinajstić information content (AvgIpc) is 2.29. The van der Waals surface area contributed by atoms with Crippen molar-refractivity contribution in [3.63, 3.8) is 0 Å². The minimum Gasteiger partial charge on any atom is -0.389 e. The van der Waals surface area contributed by atoms with Crippen molar-refractivity contribution in [1.29, 1.82) is 0 Å². The monoisotopic (exact) mass is 251 g/mol. The van der Waals surface area contributed by atoms with Gasteiger partial charge in [-0.1, -0.05) is 0 Å². The molecule has 0 aliphatic rings. The second-order valence-electron chi connectivity index (χ2n) is 3.69. The van der Waals surface area contributed by atoms with Gasteiger partial charge in [0.05, 0.1) is 38.6 Å². The molecule has 0 saturated carbocycles. The molecule has 17 heavy (non-hydrogen) atoms. The van der Waals surface area contributed by atoms with Gasteiger partial charge in [0.15, 0.2) is 0 Å². The summed E-state index contributed by atoms with van der Waals surface area (Å²) in [6.45, 7) is 4.95. The van der Waals surface area contributed by atoms with Crippen molar-refractivity contribution in [2.45, 2.75) is 19.1 Å². The van der Waals surface area contributed by atoms with Gasteiger partial charge in [0.25, 0.3) is 0 Å². The molecule has 3 N–H and O–H groups in total. The number of hydrogen-bond acceptors (Lipinski definition) is 6. The molecule has 104 valence electrons. The third-order valence-corrected chi connectivity index (χ3v) is 2.01. The van der Waals surface area contributed by atoms with Crippen LogP contribution in [0.5, 0.6) is 0 Å². The highest BCUT2D eigenvalue weighted by Crippen LogP contribution is 1.86. The van der Waals surface area contributed by atoms with E-state index < -0.39 is 12.2 Å². The van der Waals surface area contributed by atoms with Gasteiger partial charge >= 0.3 is 0 Å². The Morgan fingerprint density at radius 3 is 2.18 bits per heavy atom. The van der Waals surface area contributed by atoms with Gasteiger partial charge in [0.1, 0.15) is 0 Å². The van der Waals surface area contributed by atoms with Gasteiger partial charge in [0.2, 0.25) is 0 Å². The van der Waals surface area contributed by atoms with E-state index in [0.717, 1.165) is 0 Å². The molecule has 2 atom stereocenters. The molecule has 0 spiro atoms.